The lowest BCUT2D eigenvalue weighted by Gasteiger charge is -2.19. The van der Waals surface area contributed by atoms with Crippen LogP contribution in [0.15, 0.2) is 12.1 Å². The van der Waals surface area contributed by atoms with Gasteiger partial charge in [-0.15, -0.1) is 0 Å². The molecule has 0 aromatic heterocycles. The Bertz CT molecular complexity index is 400. The van der Waals surface area contributed by atoms with E-state index < -0.39 is 5.82 Å². The molecular weight excluding hydrogens is 231 g/mol. The zero-order valence-electron chi connectivity index (χ0n) is 8.97. The smallest absolute Gasteiger partial charge is 0.143 e. The van der Waals surface area contributed by atoms with E-state index in [-0.39, 0.29) is 17.2 Å². The predicted octanol–water partition coefficient (Wildman–Crippen LogP) is 2.65. The van der Waals surface area contributed by atoms with E-state index >= 15 is 0 Å². The first kappa shape index (κ1) is 11.5. The SMILES string of the molecule is CC1OCCC1Nc1cc(Cl)c(F)cc1N. The predicted molar refractivity (Wildman–Crippen MR) is 63.3 cm³/mol. The van der Waals surface area contributed by atoms with Crippen LogP contribution < -0.4 is 11.1 Å². The number of rotatable bonds is 2. The third-order valence-electron chi connectivity index (χ3n) is 2.81. The molecule has 16 heavy (non-hydrogen) atoms. The average molecular weight is 245 g/mol. The molecule has 2 unspecified atom stereocenters. The van der Waals surface area contributed by atoms with Crippen LogP contribution in [0.3, 0.4) is 0 Å². The zero-order chi connectivity index (χ0) is 11.7. The van der Waals surface area contributed by atoms with Crippen LogP contribution in [-0.4, -0.2) is 18.8 Å². The number of nitrogen functional groups attached to an aromatic ring is 1. The molecule has 0 amide bonds. The maximum atomic E-state index is 13.1. The second kappa shape index (κ2) is 4.47. The molecule has 1 aromatic rings. The number of hydrogen-bond acceptors (Lipinski definition) is 3. The van der Waals surface area contributed by atoms with Crippen molar-refractivity contribution in [1.82, 2.24) is 0 Å². The maximum Gasteiger partial charge on any atom is 0.143 e. The number of benzene rings is 1. The summed E-state index contributed by atoms with van der Waals surface area (Å²) in [5.74, 6) is -0.500. The second-order valence-corrected chi connectivity index (χ2v) is 4.38. The van der Waals surface area contributed by atoms with E-state index in [1.165, 1.54) is 12.1 Å². The van der Waals surface area contributed by atoms with Crippen molar-refractivity contribution < 1.29 is 9.13 Å². The molecule has 1 aliphatic rings. The topological polar surface area (TPSA) is 47.3 Å². The highest BCUT2D eigenvalue weighted by molar-refractivity contribution is 6.31. The molecule has 1 heterocycles. The summed E-state index contributed by atoms with van der Waals surface area (Å²) in [6.07, 6.45) is 1.04. The summed E-state index contributed by atoms with van der Waals surface area (Å²) in [5.41, 5.74) is 6.73. The largest absolute Gasteiger partial charge is 0.397 e. The van der Waals surface area contributed by atoms with Crippen LogP contribution in [0.2, 0.25) is 5.02 Å². The van der Waals surface area contributed by atoms with E-state index in [1.54, 1.807) is 0 Å². The molecule has 1 aromatic carbocycles. The zero-order valence-corrected chi connectivity index (χ0v) is 9.72. The van der Waals surface area contributed by atoms with Crippen molar-refractivity contribution in [1.29, 1.82) is 0 Å². The van der Waals surface area contributed by atoms with Crippen LogP contribution in [0.5, 0.6) is 0 Å². The highest BCUT2D eigenvalue weighted by Crippen LogP contribution is 2.28. The van der Waals surface area contributed by atoms with Gasteiger partial charge < -0.3 is 15.8 Å². The van der Waals surface area contributed by atoms with Gasteiger partial charge in [0.1, 0.15) is 5.82 Å². The third-order valence-corrected chi connectivity index (χ3v) is 3.10. The molecule has 1 aliphatic heterocycles. The molecule has 0 spiro atoms. The van der Waals surface area contributed by atoms with E-state index in [4.69, 9.17) is 22.1 Å². The van der Waals surface area contributed by atoms with Gasteiger partial charge in [0.15, 0.2) is 0 Å². The first-order valence-electron chi connectivity index (χ1n) is 5.20. The Labute approximate surface area is 98.7 Å². The Morgan fingerprint density at radius 1 is 1.56 bits per heavy atom. The summed E-state index contributed by atoms with van der Waals surface area (Å²) in [6.45, 7) is 2.72. The molecule has 5 heteroatoms. The summed E-state index contributed by atoms with van der Waals surface area (Å²) in [5, 5.41) is 3.30. The number of ether oxygens (including phenoxy) is 1. The normalized spacial score (nSPS) is 24.7. The molecule has 2 rings (SSSR count). The summed E-state index contributed by atoms with van der Waals surface area (Å²) in [6, 6.07) is 2.94. The van der Waals surface area contributed by atoms with Gasteiger partial charge in [0.05, 0.1) is 28.5 Å². The fourth-order valence-electron chi connectivity index (χ4n) is 1.81. The third kappa shape index (κ3) is 2.23. The van der Waals surface area contributed by atoms with Crippen LogP contribution in [0.4, 0.5) is 15.8 Å². The van der Waals surface area contributed by atoms with Gasteiger partial charge in [-0.2, -0.15) is 0 Å². The number of nitrogens with two attached hydrogens (primary N) is 1. The summed E-state index contributed by atoms with van der Waals surface area (Å²) in [7, 11) is 0. The number of hydrogen-bond donors (Lipinski definition) is 2. The Morgan fingerprint density at radius 3 is 2.94 bits per heavy atom. The van der Waals surface area contributed by atoms with E-state index in [0.717, 1.165) is 13.0 Å². The molecule has 0 bridgehead atoms. The van der Waals surface area contributed by atoms with Crippen molar-refractivity contribution in [3.8, 4) is 0 Å². The highest BCUT2D eigenvalue weighted by atomic mass is 35.5. The standard InChI is InChI=1S/C11H14ClFN2O/c1-6-10(2-3-16-6)15-11-4-7(12)8(13)5-9(11)14/h4-6,10,15H,2-3,14H2,1H3. The van der Waals surface area contributed by atoms with E-state index in [9.17, 15) is 4.39 Å². The van der Waals surface area contributed by atoms with Crippen molar-refractivity contribution in [2.75, 3.05) is 17.7 Å². The van der Waals surface area contributed by atoms with Gasteiger partial charge in [0.2, 0.25) is 0 Å². The van der Waals surface area contributed by atoms with Crippen LogP contribution in [-0.2, 0) is 4.74 Å². The molecule has 0 radical (unpaired) electrons. The lowest BCUT2D eigenvalue weighted by Crippen LogP contribution is -2.27. The van der Waals surface area contributed by atoms with Crippen molar-refractivity contribution in [3.63, 3.8) is 0 Å². The maximum absolute atomic E-state index is 13.1. The van der Waals surface area contributed by atoms with Crippen molar-refractivity contribution in [3.05, 3.63) is 23.0 Å². The van der Waals surface area contributed by atoms with Crippen LogP contribution in [0, 0.1) is 5.82 Å². The van der Waals surface area contributed by atoms with Crippen LogP contribution in [0.1, 0.15) is 13.3 Å². The van der Waals surface area contributed by atoms with Gasteiger partial charge >= 0.3 is 0 Å². The minimum Gasteiger partial charge on any atom is -0.397 e. The molecule has 2 atom stereocenters. The number of anilines is 2. The Morgan fingerprint density at radius 2 is 2.31 bits per heavy atom. The summed E-state index contributed by atoms with van der Waals surface area (Å²) in [4.78, 5) is 0. The molecule has 3 nitrogen and oxygen atoms in total. The Hall–Kier alpha value is -1.00. The average Bonchev–Trinajstić information content (AvgIpc) is 2.61. The highest BCUT2D eigenvalue weighted by Gasteiger charge is 2.24. The van der Waals surface area contributed by atoms with E-state index in [0.29, 0.717) is 11.4 Å². The van der Waals surface area contributed by atoms with E-state index in [2.05, 4.69) is 5.32 Å². The number of halogens is 2. The van der Waals surface area contributed by atoms with Gasteiger partial charge in [-0.1, -0.05) is 11.6 Å². The Balaban J connectivity index is 2.18. The van der Waals surface area contributed by atoms with Gasteiger partial charge in [-0.25, -0.2) is 4.39 Å². The van der Waals surface area contributed by atoms with Gasteiger partial charge in [-0.3, -0.25) is 0 Å². The summed E-state index contributed by atoms with van der Waals surface area (Å²) >= 11 is 5.71. The second-order valence-electron chi connectivity index (χ2n) is 3.97. The first-order chi connectivity index (χ1) is 7.58. The quantitative estimate of drug-likeness (QED) is 0.787. The lowest BCUT2D eigenvalue weighted by atomic mass is 10.1. The van der Waals surface area contributed by atoms with Crippen molar-refractivity contribution >= 4 is 23.0 Å². The minimum atomic E-state index is -0.500. The first-order valence-corrected chi connectivity index (χ1v) is 5.58. The monoisotopic (exact) mass is 244 g/mol. The number of nitrogens with one attached hydrogen (secondary N) is 1. The van der Waals surface area contributed by atoms with Gasteiger partial charge in [-0.05, 0) is 19.4 Å². The molecule has 1 fully saturated rings. The van der Waals surface area contributed by atoms with Crippen LogP contribution >= 0.6 is 11.6 Å². The fourth-order valence-corrected chi connectivity index (χ4v) is 1.97. The molecule has 1 saturated heterocycles. The molecule has 88 valence electrons. The van der Waals surface area contributed by atoms with Gasteiger partial charge in [0.25, 0.3) is 0 Å². The van der Waals surface area contributed by atoms with Crippen molar-refractivity contribution in [2.24, 2.45) is 0 Å². The summed E-state index contributed by atoms with van der Waals surface area (Å²) < 4.78 is 18.5. The minimum absolute atomic E-state index is 0.0725. The lowest BCUT2D eigenvalue weighted by molar-refractivity contribution is 0.121. The molecule has 0 aliphatic carbocycles. The van der Waals surface area contributed by atoms with Crippen molar-refractivity contribution in [2.45, 2.75) is 25.5 Å². The molecule has 3 N–H and O–H groups in total. The molecule has 0 saturated carbocycles. The fraction of sp³-hybridized carbons (Fsp3) is 0.455. The Kier molecular flexibility index (Phi) is 3.21. The van der Waals surface area contributed by atoms with Gasteiger partial charge in [0, 0.05) is 12.7 Å². The van der Waals surface area contributed by atoms with Crippen LogP contribution in [0.25, 0.3) is 0 Å². The van der Waals surface area contributed by atoms with E-state index in [1.807, 2.05) is 6.92 Å². The molecular formula is C11H14ClFN2O.